The summed E-state index contributed by atoms with van der Waals surface area (Å²) in [5.74, 6) is -0.136. The van der Waals surface area contributed by atoms with Crippen LogP contribution < -0.4 is 10.2 Å². The fourth-order valence-electron chi connectivity index (χ4n) is 4.61. The predicted octanol–water partition coefficient (Wildman–Crippen LogP) is 3.22. The largest absolute Gasteiger partial charge is 0.311 e. The first-order chi connectivity index (χ1) is 14.7. The number of halogens is 2. The van der Waals surface area contributed by atoms with Gasteiger partial charge in [-0.3, -0.25) is 14.7 Å². The number of amides is 1. The maximum Gasteiger partial charge on any atom is 0.255 e. The Morgan fingerprint density at radius 2 is 2.03 bits per heavy atom. The van der Waals surface area contributed by atoms with Gasteiger partial charge in [0.1, 0.15) is 0 Å². The van der Waals surface area contributed by atoms with E-state index in [2.05, 4.69) is 36.3 Å². The van der Waals surface area contributed by atoms with E-state index in [1.807, 2.05) is 37.4 Å². The number of carbonyl (C=O) groups is 1. The van der Waals surface area contributed by atoms with Crippen LogP contribution in [0.3, 0.4) is 0 Å². The SMILES string of the molecule is C[C@@H]1CN(CC(=O)N2CC(C)(C)c3cnc(Cc4ccccc4)cc32)[C@@H](C(F)F)CN1. The predicted molar refractivity (Wildman–Crippen MR) is 118 cm³/mol. The van der Waals surface area contributed by atoms with Crippen LogP contribution in [0.5, 0.6) is 0 Å². The lowest BCUT2D eigenvalue weighted by molar-refractivity contribution is -0.121. The zero-order chi connectivity index (χ0) is 22.2. The first-order valence-corrected chi connectivity index (χ1v) is 10.8. The number of fused-ring (bicyclic) bond motifs is 1. The number of piperazine rings is 1. The van der Waals surface area contributed by atoms with Crippen LogP contribution in [-0.4, -0.2) is 60.5 Å². The topological polar surface area (TPSA) is 48.5 Å². The third kappa shape index (κ3) is 4.62. The van der Waals surface area contributed by atoms with Crippen LogP contribution in [0.15, 0.2) is 42.6 Å². The molecule has 5 nitrogen and oxygen atoms in total. The molecule has 0 radical (unpaired) electrons. The summed E-state index contributed by atoms with van der Waals surface area (Å²) in [6.45, 7) is 7.28. The molecule has 1 amide bonds. The van der Waals surface area contributed by atoms with Gasteiger partial charge in [-0.1, -0.05) is 44.2 Å². The van der Waals surface area contributed by atoms with Gasteiger partial charge in [-0.25, -0.2) is 8.78 Å². The van der Waals surface area contributed by atoms with E-state index in [0.29, 0.717) is 19.5 Å². The van der Waals surface area contributed by atoms with Gasteiger partial charge in [0.15, 0.2) is 0 Å². The minimum absolute atomic E-state index is 0.00706. The first-order valence-electron chi connectivity index (χ1n) is 10.8. The van der Waals surface area contributed by atoms with Crippen LogP contribution >= 0.6 is 0 Å². The van der Waals surface area contributed by atoms with Crippen molar-refractivity contribution in [3.63, 3.8) is 0 Å². The summed E-state index contributed by atoms with van der Waals surface area (Å²) in [6.07, 6.45) is 0.0616. The van der Waals surface area contributed by atoms with E-state index in [9.17, 15) is 13.6 Å². The number of nitrogens with one attached hydrogen (secondary N) is 1. The second kappa shape index (κ2) is 8.63. The number of aromatic nitrogens is 1. The number of carbonyl (C=O) groups excluding carboxylic acids is 1. The Kier molecular flexibility index (Phi) is 6.08. The quantitative estimate of drug-likeness (QED) is 0.795. The monoisotopic (exact) mass is 428 g/mol. The Hall–Kier alpha value is -2.38. The van der Waals surface area contributed by atoms with Crippen molar-refractivity contribution in [2.75, 3.05) is 31.1 Å². The molecule has 1 aromatic carbocycles. The molecule has 0 bridgehead atoms. The molecule has 31 heavy (non-hydrogen) atoms. The molecule has 1 N–H and O–H groups in total. The highest BCUT2D eigenvalue weighted by molar-refractivity contribution is 5.97. The van der Waals surface area contributed by atoms with Crippen molar-refractivity contribution < 1.29 is 13.6 Å². The van der Waals surface area contributed by atoms with Crippen molar-refractivity contribution in [1.82, 2.24) is 15.2 Å². The van der Waals surface area contributed by atoms with E-state index in [1.165, 1.54) is 0 Å². The minimum Gasteiger partial charge on any atom is -0.311 e. The highest BCUT2D eigenvalue weighted by atomic mass is 19.3. The molecule has 3 heterocycles. The van der Waals surface area contributed by atoms with Crippen molar-refractivity contribution in [3.05, 3.63) is 59.4 Å². The second-order valence-electron chi connectivity index (χ2n) is 9.36. The van der Waals surface area contributed by atoms with Gasteiger partial charge in [0.05, 0.1) is 18.3 Å². The fraction of sp³-hybridized carbons (Fsp3) is 0.500. The molecule has 0 saturated carbocycles. The Morgan fingerprint density at radius 1 is 1.29 bits per heavy atom. The number of rotatable bonds is 5. The maximum atomic E-state index is 13.5. The fourth-order valence-corrected chi connectivity index (χ4v) is 4.61. The summed E-state index contributed by atoms with van der Waals surface area (Å²) >= 11 is 0. The zero-order valence-corrected chi connectivity index (χ0v) is 18.3. The van der Waals surface area contributed by atoms with Crippen LogP contribution in [0, 0.1) is 0 Å². The summed E-state index contributed by atoms with van der Waals surface area (Å²) in [5.41, 5.74) is 3.69. The highest BCUT2D eigenvalue weighted by Crippen LogP contribution is 2.40. The Bertz CT molecular complexity index is 934. The molecule has 0 spiro atoms. The van der Waals surface area contributed by atoms with Crippen molar-refractivity contribution in [1.29, 1.82) is 0 Å². The lowest BCUT2D eigenvalue weighted by atomic mass is 9.88. The van der Waals surface area contributed by atoms with Crippen molar-refractivity contribution >= 4 is 11.6 Å². The molecule has 0 aliphatic carbocycles. The number of hydrogen-bond donors (Lipinski definition) is 1. The number of anilines is 1. The number of nitrogens with zero attached hydrogens (tertiary/aromatic N) is 3. The van der Waals surface area contributed by atoms with E-state index in [1.54, 1.807) is 9.80 Å². The molecule has 166 valence electrons. The summed E-state index contributed by atoms with van der Waals surface area (Å²) in [7, 11) is 0. The molecule has 2 aromatic rings. The van der Waals surface area contributed by atoms with Crippen LogP contribution in [0.4, 0.5) is 14.5 Å². The summed E-state index contributed by atoms with van der Waals surface area (Å²) < 4.78 is 27.1. The molecule has 0 unspecified atom stereocenters. The number of benzene rings is 1. The lowest BCUT2D eigenvalue weighted by Crippen LogP contribution is -2.60. The summed E-state index contributed by atoms with van der Waals surface area (Å²) in [6, 6.07) is 11.2. The van der Waals surface area contributed by atoms with E-state index in [-0.39, 0.29) is 30.5 Å². The number of hydrogen-bond acceptors (Lipinski definition) is 4. The van der Waals surface area contributed by atoms with Gasteiger partial charge in [0, 0.05) is 55.0 Å². The average Bonchev–Trinajstić information content (AvgIpc) is 2.99. The van der Waals surface area contributed by atoms with Gasteiger partial charge in [-0.05, 0) is 18.6 Å². The highest BCUT2D eigenvalue weighted by Gasteiger charge is 2.40. The van der Waals surface area contributed by atoms with Crippen LogP contribution in [0.25, 0.3) is 0 Å². The van der Waals surface area contributed by atoms with Crippen molar-refractivity contribution in [2.24, 2.45) is 0 Å². The molecule has 1 fully saturated rings. The van der Waals surface area contributed by atoms with E-state index >= 15 is 0 Å². The molecule has 2 aliphatic heterocycles. The van der Waals surface area contributed by atoms with Gasteiger partial charge >= 0.3 is 0 Å². The molecule has 4 rings (SSSR count). The lowest BCUT2D eigenvalue weighted by Gasteiger charge is -2.39. The van der Waals surface area contributed by atoms with Gasteiger partial charge in [-0.2, -0.15) is 0 Å². The van der Waals surface area contributed by atoms with Crippen LogP contribution in [-0.2, 0) is 16.6 Å². The number of pyridine rings is 1. The van der Waals surface area contributed by atoms with Crippen LogP contribution in [0.1, 0.15) is 37.6 Å². The van der Waals surface area contributed by atoms with Gasteiger partial charge < -0.3 is 10.2 Å². The van der Waals surface area contributed by atoms with Crippen molar-refractivity contribution in [2.45, 2.75) is 51.1 Å². The Balaban J connectivity index is 1.57. The molecule has 1 saturated heterocycles. The Morgan fingerprint density at radius 3 is 2.74 bits per heavy atom. The second-order valence-corrected chi connectivity index (χ2v) is 9.36. The number of alkyl halides is 2. The Labute approximate surface area is 182 Å². The van der Waals surface area contributed by atoms with Crippen LogP contribution in [0.2, 0.25) is 0 Å². The molecule has 1 aromatic heterocycles. The third-order valence-corrected chi connectivity index (χ3v) is 6.32. The van der Waals surface area contributed by atoms with Crippen molar-refractivity contribution in [3.8, 4) is 0 Å². The summed E-state index contributed by atoms with van der Waals surface area (Å²) in [4.78, 5) is 21.3. The standard InChI is InChI=1S/C24H30F2N4O/c1-16-13-29(21(12-27-16)23(25)26)14-22(31)30-15-24(2,3)19-11-28-18(10-20(19)30)9-17-7-5-4-6-8-17/h4-8,10-11,16,21,23,27H,9,12-15H2,1-3H3/t16-,21-/m1/s1. The normalized spacial score (nSPS) is 23.2. The van der Waals surface area contributed by atoms with E-state index < -0.39 is 12.5 Å². The summed E-state index contributed by atoms with van der Waals surface area (Å²) in [5, 5.41) is 3.09. The van der Waals surface area contributed by atoms with Gasteiger partial charge in [0.2, 0.25) is 5.91 Å². The molecular weight excluding hydrogens is 398 g/mol. The zero-order valence-electron chi connectivity index (χ0n) is 18.3. The molecule has 2 atom stereocenters. The van der Waals surface area contributed by atoms with Gasteiger partial charge in [0.25, 0.3) is 6.43 Å². The average molecular weight is 429 g/mol. The minimum atomic E-state index is -2.49. The molecular formula is C24H30F2N4O. The smallest absolute Gasteiger partial charge is 0.255 e. The molecule has 2 aliphatic rings. The van der Waals surface area contributed by atoms with Gasteiger partial charge in [-0.15, -0.1) is 0 Å². The van der Waals surface area contributed by atoms with E-state index in [4.69, 9.17) is 0 Å². The third-order valence-electron chi connectivity index (χ3n) is 6.32. The molecule has 7 heteroatoms. The first kappa shape index (κ1) is 21.8. The van der Waals surface area contributed by atoms with E-state index in [0.717, 1.165) is 22.5 Å². The maximum absolute atomic E-state index is 13.5.